The maximum absolute atomic E-state index is 12.6. The summed E-state index contributed by atoms with van der Waals surface area (Å²) in [5.41, 5.74) is 4.87. The van der Waals surface area contributed by atoms with E-state index in [-0.39, 0.29) is 29.5 Å². The van der Waals surface area contributed by atoms with Crippen LogP contribution in [0.1, 0.15) is 55.3 Å². The van der Waals surface area contributed by atoms with E-state index in [2.05, 4.69) is 31.2 Å². The summed E-state index contributed by atoms with van der Waals surface area (Å²) in [6, 6.07) is -0.0262. The summed E-state index contributed by atoms with van der Waals surface area (Å²) in [6.07, 6.45) is 0.0632. The third kappa shape index (κ3) is 5.03. The molecule has 0 spiro atoms. The van der Waals surface area contributed by atoms with Crippen molar-refractivity contribution in [3.8, 4) is 0 Å². The molecule has 1 aliphatic carbocycles. The summed E-state index contributed by atoms with van der Waals surface area (Å²) in [5.74, 6) is -2.25. The van der Waals surface area contributed by atoms with Gasteiger partial charge in [0.15, 0.2) is 5.69 Å². The molecule has 11 heteroatoms. The first-order valence-electron chi connectivity index (χ1n) is 9.13. The number of carbonyl (C=O) groups is 3. The summed E-state index contributed by atoms with van der Waals surface area (Å²) in [4.78, 5) is 36.4. The van der Waals surface area contributed by atoms with Gasteiger partial charge in [0.25, 0.3) is 18.2 Å². The molecule has 3 rings (SSSR count). The van der Waals surface area contributed by atoms with E-state index in [0.29, 0.717) is 19.4 Å². The van der Waals surface area contributed by atoms with Crippen LogP contribution in [0.3, 0.4) is 0 Å². The van der Waals surface area contributed by atoms with Crippen molar-refractivity contribution in [2.75, 3.05) is 13.1 Å². The fourth-order valence-electron chi connectivity index (χ4n) is 3.04. The number of hydrogen-bond acceptors (Lipinski definition) is 6. The molecule has 0 aromatic carbocycles. The highest BCUT2D eigenvalue weighted by Crippen LogP contribution is 2.48. The van der Waals surface area contributed by atoms with E-state index in [1.54, 1.807) is 0 Å². The van der Waals surface area contributed by atoms with E-state index in [1.165, 1.54) is 0 Å². The van der Waals surface area contributed by atoms with Gasteiger partial charge in [0.2, 0.25) is 11.7 Å². The number of alkyl halides is 2. The van der Waals surface area contributed by atoms with Crippen LogP contribution in [-0.2, 0) is 9.59 Å². The zero-order chi connectivity index (χ0) is 20.3. The molecule has 154 valence electrons. The first-order valence-corrected chi connectivity index (χ1v) is 9.13. The molecular formula is C17H23F2N5O4. The lowest BCUT2D eigenvalue weighted by Crippen LogP contribution is -2.52. The van der Waals surface area contributed by atoms with Crippen LogP contribution in [0.5, 0.6) is 0 Å². The Kier molecular flexibility index (Phi) is 5.92. The van der Waals surface area contributed by atoms with Gasteiger partial charge in [-0.15, -0.1) is 0 Å². The van der Waals surface area contributed by atoms with Crippen molar-refractivity contribution in [1.29, 1.82) is 0 Å². The minimum Gasteiger partial charge on any atom is -0.356 e. The normalized spacial score (nSPS) is 21.3. The number of halogens is 2. The number of rotatable bonds is 9. The van der Waals surface area contributed by atoms with E-state index < -0.39 is 30.0 Å². The van der Waals surface area contributed by atoms with Gasteiger partial charge in [0, 0.05) is 19.2 Å². The van der Waals surface area contributed by atoms with Gasteiger partial charge in [-0.3, -0.25) is 19.8 Å². The maximum atomic E-state index is 12.6. The van der Waals surface area contributed by atoms with Crippen molar-refractivity contribution >= 4 is 17.7 Å². The molecule has 2 atom stereocenters. The van der Waals surface area contributed by atoms with Crippen LogP contribution in [-0.4, -0.2) is 42.0 Å². The summed E-state index contributed by atoms with van der Waals surface area (Å²) >= 11 is 0. The molecule has 1 saturated heterocycles. The Hall–Kier alpha value is -2.56. The van der Waals surface area contributed by atoms with Gasteiger partial charge >= 0.3 is 0 Å². The van der Waals surface area contributed by atoms with E-state index in [9.17, 15) is 23.2 Å². The lowest BCUT2D eigenvalue weighted by Gasteiger charge is -2.21. The largest absolute Gasteiger partial charge is 0.356 e. The predicted octanol–water partition coefficient (Wildman–Crippen LogP) is 0.658. The number of hydrazine groups is 1. The molecule has 0 radical (unpaired) electrons. The first kappa shape index (κ1) is 20.2. The molecule has 2 aliphatic rings. The average Bonchev–Trinajstić information content (AvgIpc) is 3.03. The quantitative estimate of drug-likeness (QED) is 0.452. The summed E-state index contributed by atoms with van der Waals surface area (Å²) in [7, 11) is 0. The Bertz CT molecular complexity index is 750. The molecule has 1 aromatic rings. The van der Waals surface area contributed by atoms with Crippen molar-refractivity contribution < 1.29 is 27.7 Å². The van der Waals surface area contributed by atoms with E-state index in [0.717, 1.165) is 18.9 Å². The highest BCUT2D eigenvalue weighted by atomic mass is 19.3. The lowest BCUT2D eigenvalue weighted by molar-refractivity contribution is -0.126. The van der Waals surface area contributed by atoms with Crippen LogP contribution in [0.4, 0.5) is 8.78 Å². The topological polar surface area (TPSA) is 125 Å². The zero-order valence-corrected chi connectivity index (χ0v) is 15.4. The van der Waals surface area contributed by atoms with Crippen molar-refractivity contribution in [3.05, 3.63) is 17.5 Å². The number of nitrogens with one attached hydrogen (secondary N) is 4. The minimum absolute atomic E-state index is 0.0570. The second kappa shape index (κ2) is 8.21. The Morgan fingerprint density at radius 1 is 1.43 bits per heavy atom. The number of aromatic nitrogens is 1. The van der Waals surface area contributed by atoms with Crippen molar-refractivity contribution in [3.63, 3.8) is 0 Å². The second-order valence-corrected chi connectivity index (χ2v) is 7.60. The highest BCUT2D eigenvalue weighted by molar-refractivity contribution is 5.96. The molecule has 4 N–H and O–H groups in total. The lowest BCUT2D eigenvalue weighted by atomic mass is 9.98. The van der Waals surface area contributed by atoms with Crippen LogP contribution in [0, 0.1) is 11.3 Å². The summed E-state index contributed by atoms with van der Waals surface area (Å²) in [5, 5.41) is 8.56. The van der Waals surface area contributed by atoms with Gasteiger partial charge in [-0.25, -0.2) is 14.2 Å². The van der Waals surface area contributed by atoms with Crippen molar-refractivity contribution in [2.45, 2.75) is 45.1 Å². The van der Waals surface area contributed by atoms with Crippen LogP contribution >= 0.6 is 0 Å². The van der Waals surface area contributed by atoms with E-state index in [1.807, 2.05) is 6.92 Å². The van der Waals surface area contributed by atoms with Gasteiger partial charge in [0.05, 0.1) is 5.92 Å². The number of nitrogens with zero attached hydrogens (tertiary/aromatic N) is 1. The van der Waals surface area contributed by atoms with Crippen molar-refractivity contribution in [1.82, 2.24) is 26.6 Å². The molecule has 28 heavy (non-hydrogen) atoms. The third-order valence-electron chi connectivity index (χ3n) is 5.12. The molecule has 1 saturated carbocycles. The van der Waals surface area contributed by atoms with Gasteiger partial charge in [-0.1, -0.05) is 12.1 Å². The van der Waals surface area contributed by atoms with Crippen LogP contribution < -0.4 is 21.5 Å². The molecule has 1 aromatic heterocycles. The standard InChI is InChI=1S/C17H23F2N5O4/c1-17(3-4-17)7-11(16(27)23-21-8-9-2-5-20-14(9)25)22-15(26)10-6-12(13(18)19)28-24-10/h6,9,11,13,21H,2-5,7-8H2,1H3,(H,20,25)(H,22,26)(H,23,27)/t9-,11?/m0/s1. The number of hydrogen-bond donors (Lipinski definition) is 4. The fraction of sp³-hybridized carbons (Fsp3) is 0.647. The van der Waals surface area contributed by atoms with Gasteiger partial charge in [0.1, 0.15) is 6.04 Å². The molecule has 0 bridgehead atoms. The van der Waals surface area contributed by atoms with Crippen molar-refractivity contribution in [2.24, 2.45) is 11.3 Å². The SMILES string of the molecule is CC1(CC(NC(=O)c2cc(C(F)F)on2)C(=O)NNC[C@@H]2CCNC2=O)CC1. The van der Waals surface area contributed by atoms with Crippen LogP contribution in [0.15, 0.2) is 10.6 Å². The highest BCUT2D eigenvalue weighted by Gasteiger charge is 2.41. The fourth-order valence-corrected chi connectivity index (χ4v) is 3.04. The summed E-state index contributed by atoms with van der Waals surface area (Å²) < 4.78 is 29.6. The van der Waals surface area contributed by atoms with Gasteiger partial charge < -0.3 is 15.2 Å². The average molecular weight is 399 g/mol. The number of amides is 3. The molecule has 1 aliphatic heterocycles. The third-order valence-corrected chi connectivity index (χ3v) is 5.12. The Labute approximate surface area is 159 Å². The Morgan fingerprint density at radius 3 is 2.75 bits per heavy atom. The zero-order valence-electron chi connectivity index (χ0n) is 15.4. The van der Waals surface area contributed by atoms with Gasteiger partial charge in [-0.05, 0) is 31.1 Å². The van der Waals surface area contributed by atoms with E-state index in [4.69, 9.17) is 0 Å². The smallest absolute Gasteiger partial charge is 0.298 e. The Balaban J connectivity index is 1.57. The molecule has 1 unspecified atom stereocenters. The maximum Gasteiger partial charge on any atom is 0.298 e. The molecule has 2 heterocycles. The minimum atomic E-state index is -2.88. The monoisotopic (exact) mass is 399 g/mol. The van der Waals surface area contributed by atoms with E-state index >= 15 is 0 Å². The Morgan fingerprint density at radius 2 is 2.18 bits per heavy atom. The molecule has 3 amide bonds. The van der Waals surface area contributed by atoms with Gasteiger partial charge in [-0.2, -0.15) is 0 Å². The number of carbonyl (C=O) groups excluding carboxylic acids is 3. The second-order valence-electron chi connectivity index (χ2n) is 7.60. The molecule has 2 fully saturated rings. The molecular weight excluding hydrogens is 376 g/mol. The summed E-state index contributed by atoms with van der Waals surface area (Å²) in [6.45, 7) is 2.88. The van der Waals surface area contributed by atoms with Crippen LogP contribution in [0.25, 0.3) is 0 Å². The first-order chi connectivity index (χ1) is 13.3. The van der Waals surface area contributed by atoms with Crippen LogP contribution in [0.2, 0.25) is 0 Å². The predicted molar refractivity (Wildman–Crippen MR) is 91.9 cm³/mol. The molecule has 9 nitrogen and oxygen atoms in total.